The first kappa shape index (κ1) is 19.8. The second-order valence-corrected chi connectivity index (χ2v) is 7.08. The summed E-state index contributed by atoms with van der Waals surface area (Å²) < 4.78 is 1.02. The predicted molar refractivity (Wildman–Crippen MR) is 114 cm³/mol. The molecule has 0 atom stereocenters. The molecular weight excluding hydrogens is 499 g/mol. The van der Waals surface area contributed by atoms with Crippen LogP contribution in [-0.2, 0) is 0 Å². The highest BCUT2D eigenvalue weighted by Gasteiger charge is 2.23. The molecule has 142 valence electrons. The van der Waals surface area contributed by atoms with Gasteiger partial charge in [-0.05, 0) is 71.1 Å². The minimum atomic E-state index is -0.633. The lowest BCUT2D eigenvalue weighted by atomic mass is 10.2. The number of anilines is 3. The van der Waals surface area contributed by atoms with E-state index in [0.717, 1.165) is 9.90 Å². The van der Waals surface area contributed by atoms with E-state index in [2.05, 4.69) is 48.7 Å². The molecule has 3 aromatic rings. The van der Waals surface area contributed by atoms with Gasteiger partial charge >= 0.3 is 5.69 Å². The van der Waals surface area contributed by atoms with Gasteiger partial charge in [-0.25, -0.2) is 9.97 Å². The lowest BCUT2D eigenvalue weighted by Gasteiger charge is -2.11. The second kappa shape index (κ2) is 8.80. The highest BCUT2D eigenvalue weighted by Crippen LogP contribution is 2.30. The van der Waals surface area contributed by atoms with Gasteiger partial charge < -0.3 is 5.32 Å². The zero-order valence-electron chi connectivity index (χ0n) is 14.0. The van der Waals surface area contributed by atoms with E-state index in [1.54, 1.807) is 24.3 Å². The maximum absolute atomic E-state index is 12.2. The zero-order chi connectivity index (χ0) is 20.1. The smallest absolute Gasteiger partial charge is 0.334 e. The van der Waals surface area contributed by atoms with Crippen LogP contribution in [0.2, 0.25) is 5.02 Å². The molecule has 0 saturated heterocycles. The normalized spacial score (nSPS) is 10.2. The summed E-state index contributed by atoms with van der Waals surface area (Å²) >= 11 is 7.95. The Morgan fingerprint density at radius 3 is 2.32 bits per heavy atom. The molecule has 1 amide bonds. The number of nitrogens with one attached hydrogen (secondary N) is 3. The number of nitrogens with zero attached hydrogens (tertiary/aromatic N) is 3. The summed E-state index contributed by atoms with van der Waals surface area (Å²) in [4.78, 5) is 30.9. The van der Waals surface area contributed by atoms with Crippen molar-refractivity contribution in [1.29, 1.82) is 0 Å². The minimum absolute atomic E-state index is 0.00977. The van der Waals surface area contributed by atoms with Gasteiger partial charge in [-0.2, -0.15) is 0 Å². The monoisotopic (exact) mass is 510 g/mol. The third kappa shape index (κ3) is 4.84. The number of hydrazine groups is 1. The average Bonchev–Trinajstić information content (AvgIpc) is 2.68. The molecule has 1 heterocycles. The van der Waals surface area contributed by atoms with Crippen LogP contribution in [0.5, 0.6) is 0 Å². The molecular formula is C17H12ClIN6O3. The average molecular weight is 511 g/mol. The van der Waals surface area contributed by atoms with Crippen molar-refractivity contribution >= 4 is 63.1 Å². The van der Waals surface area contributed by atoms with Gasteiger partial charge in [0.1, 0.15) is 6.33 Å². The summed E-state index contributed by atoms with van der Waals surface area (Å²) in [7, 11) is 0. The van der Waals surface area contributed by atoms with Crippen LogP contribution in [0, 0.1) is 13.7 Å². The number of hydrogen-bond acceptors (Lipinski definition) is 7. The lowest BCUT2D eigenvalue weighted by Crippen LogP contribution is -2.30. The van der Waals surface area contributed by atoms with Gasteiger partial charge in [-0.15, -0.1) is 0 Å². The van der Waals surface area contributed by atoms with E-state index in [9.17, 15) is 14.9 Å². The first-order valence-electron chi connectivity index (χ1n) is 7.78. The van der Waals surface area contributed by atoms with Crippen LogP contribution in [0.25, 0.3) is 0 Å². The SMILES string of the molecule is O=C(NNc1ncnc(Nc2ccc(I)cc2)c1[N+](=O)[O-])c1ccc(Cl)cc1. The van der Waals surface area contributed by atoms with E-state index in [1.807, 2.05) is 12.1 Å². The van der Waals surface area contributed by atoms with Crippen molar-refractivity contribution in [2.45, 2.75) is 0 Å². The largest absolute Gasteiger partial charge is 0.355 e. The third-order valence-corrected chi connectivity index (χ3v) is 4.48. The molecule has 2 aromatic carbocycles. The van der Waals surface area contributed by atoms with Gasteiger partial charge in [0.15, 0.2) is 0 Å². The molecule has 0 fully saturated rings. The van der Waals surface area contributed by atoms with E-state index >= 15 is 0 Å². The summed E-state index contributed by atoms with van der Waals surface area (Å²) in [5, 5.41) is 14.9. The molecule has 3 rings (SSSR count). The number of carbonyl (C=O) groups excluding carboxylic acids is 1. The molecule has 0 aliphatic rings. The number of carbonyl (C=O) groups is 1. The summed E-state index contributed by atoms with van der Waals surface area (Å²) in [5.41, 5.74) is 5.39. The fraction of sp³-hybridized carbons (Fsp3) is 0. The molecule has 0 spiro atoms. The topological polar surface area (TPSA) is 122 Å². The third-order valence-electron chi connectivity index (χ3n) is 3.51. The van der Waals surface area contributed by atoms with Gasteiger partial charge in [0.2, 0.25) is 11.6 Å². The van der Waals surface area contributed by atoms with Crippen LogP contribution in [0.1, 0.15) is 10.4 Å². The van der Waals surface area contributed by atoms with Crippen LogP contribution in [0.4, 0.5) is 23.0 Å². The highest BCUT2D eigenvalue weighted by atomic mass is 127. The van der Waals surface area contributed by atoms with Gasteiger partial charge in [-0.1, -0.05) is 11.6 Å². The van der Waals surface area contributed by atoms with Crippen molar-refractivity contribution < 1.29 is 9.72 Å². The number of aromatic nitrogens is 2. The number of benzene rings is 2. The van der Waals surface area contributed by atoms with E-state index in [-0.39, 0.29) is 11.6 Å². The number of nitro groups is 1. The Kier molecular flexibility index (Phi) is 6.21. The second-order valence-electron chi connectivity index (χ2n) is 5.39. The standard InChI is InChI=1S/C17H12ClIN6O3/c18-11-3-1-10(2-4-11)17(26)24-23-16-14(25(27)28)15(20-9-21-16)22-13-7-5-12(19)6-8-13/h1-9H,(H,24,26)(H2,20,21,22,23). The fourth-order valence-corrected chi connectivity index (χ4v) is 2.68. The summed E-state index contributed by atoms with van der Waals surface area (Å²) in [5.74, 6) is -0.670. The predicted octanol–water partition coefficient (Wildman–Crippen LogP) is 4.14. The quantitative estimate of drug-likeness (QED) is 0.259. The maximum atomic E-state index is 12.2. The van der Waals surface area contributed by atoms with Gasteiger partial charge in [0.25, 0.3) is 5.91 Å². The highest BCUT2D eigenvalue weighted by molar-refractivity contribution is 14.1. The molecule has 0 aliphatic carbocycles. The van der Waals surface area contributed by atoms with Crippen LogP contribution >= 0.6 is 34.2 Å². The van der Waals surface area contributed by atoms with Crippen molar-refractivity contribution in [1.82, 2.24) is 15.4 Å². The maximum Gasteiger partial charge on any atom is 0.355 e. The minimum Gasteiger partial charge on any atom is -0.334 e. The number of halogens is 2. The Hall–Kier alpha value is -2.99. The Morgan fingerprint density at radius 2 is 1.68 bits per heavy atom. The lowest BCUT2D eigenvalue weighted by molar-refractivity contribution is -0.383. The number of rotatable bonds is 6. The van der Waals surface area contributed by atoms with Crippen molar-refractivity contribution in [3.8, 4) is 0 Å². The van der Waals surface area contributed by atoms with E-state index in [4.69, 9.17) is 11.6 Å². The first-order chi connectivity index (χ1) is 13.4. The Labute approximate surface area is 177 Å². The molecule has 11 heteroatoms. The van der Waals surface area contributed by atoms with Gasteiger partial charge in [-0.3, -0.25) is 25.8 Å². The first-order valence-corrected chi connectivity index (χ1v) is 9.23. The van der Waals surface area contributed by atoms with E-state index in [0.29, 0.717) is 16.3 Å². The Morgan fingerprint density at radius 1 is 1.04 bits per heavy atom. The molecule has 0 saturated carbocycles. The summed E-state index contributed by atoms with van der Waals surface area (Å²) in [6, 6.07) is 13.4. The fourth-order valence-electron chi connectivity index (χ4n) is 2.19. The number of hydrogen-bond donors (Lipinski definition) is 3. The van der Waals surface area contributed by atoms with Crippen LogP contribution in [-0.4, -0.2) is 20.8 Å². The van der Waals surface area contributed by atoms with Crippen molar-refractivity contribution in [2.24, 2.45) is 0 Å². The van der Waals surface area contributed by atoms with Gasteiger partial charge in [0.05, 0.1) is 4.92 Å². The van der Waals surface area contributed by atoms with Crippen LogP contribution < -0.4 is 16.2 Å². The van der Waals surface area contributed by atoms with Crippen LogP contribution in [0.15, 0.2) is 54.9 Å². The molecule has 3 N–H and O–H groups in total. The van der Waals surface area contributed by atoms with Crippen molar-refractivity contribution in [3.63, 3.8) is 0 Å². The van der Waals surface area contributed by atoms with Gasteiger partial charge in [0, 0.05) is 19.8 Å². The molecule has 1 aromatic heterocycles. The van der Waals surface area contributed by atoms with Crippen LogP contribution in [0.3, 0.4) is 0 Å². The van der Waals surface area contributed by atoms with E-state index in [1.165, 1.54) is 12.1 Å². The summed E-state index contributed by atoms with van der Waals surface area (Å²) in [6.45, 7) is 0. The zero-order valence-corrected chi connectivity index (χ0v) is 16.9. The van der Waals surface area contributed by atoms with Crippen molar-refractivity contribution in [3.05, 3.63) is 79.1 Å². The van der Waals surface area contributed by atoms with Crippen molar-refractivity contribution in [2.75, 3.05) is 10.7 Å². The Bertz CT molecular complexity index is 1010. The molecule has 0 aliphatic heterocycles. The molecule has 0 radical (unpaired) electrons. The molecule has 28 heavy (non-hydrogen) atoms. The number of amides is 1. The molecule has 9 nitrogen and oxygen atoms in total. The summed E-state index contributed by atoms with van der Waals surface area (Å²) in [6.07, 6.45) is 1.15. The Balaban J connectivity index is 1.80. The molecule has 0 bridgehead atoms. The van der Waals surface area contributed by atoms with E-state index < -0.39 is 16.5 Å². The molecule has 0 unspecified atom stereocenters.